The lowest BCUT2D eigenvalue weighted by atomic mass is 9.89. The van der Waals surface area contributed by atoms with Crippen molar-refractivity contribution in [2.45, 2.75) is 40.0 Å². The average molecular weight is 290 g/mol. The third-order valence-electron chi connectivity index (χ3n) is 4.54. The minimum atomic E-state index is 0.508. The zero-order valence-electron chi connectivity index (χ0n) is 12.9. The molecule has 0 saturated carbocycles. The van der Waals surface area contributed by atoms with Crippen LogP contribution in [0.25, 0.3) is 0 Å². The molecule has 1 aliphatic rings. The van der Waals surface area contributed by atoms with E-state index in [0.29, 0.717) is 4.99 Å². The van der Waals surface area contributed by atoms with Crippen molar-refractivity contribution in [2.75, 3.05) is 18.0 Å². The summed E-state index contributed by atoms with van der Waals surface area (Å²) in [4.78, 5) is 3.00. The summed E-state index contributed by atoms with van der Waals surface area (Å²) in [6.45, 7) is 9.07. The van der Waals surface area contributed by atoms with Crippen molar-refractivity contribution >= 4 is 22.9 Å². The number of rotatable bonds is 3. The van der Waals surface area contributed by atoms with Crippen LogP contribution < -0.4 is 10.6 Å². The average Bonchev–Trinajstić information content (AvgIpc) is 2.64. The van der Waals surface area contributed by atoms with Crippen LogP contribution in [0.5, 0.6) is 0 Å². The highest BCUT2D eigenvalue weighted by atomic mass is 32.1. The lowest BCUT2D eigenvalue weighted by molar-refractivity contribution is 0.351. The fourth-order valence-electron chi connectivity index (χ4n) is 3.29. The van der Waals surface area contributed by atoms with Gasteiger partial charge in [-0.15, -0.1) is 0 Å². The summed E-state index contributed by atoms with van der Waals surface area (Å²) in [5, 5.41) is 0. The van der Waals surface area contributed by atoms with Crippen LogP contribution in [0, 0.1) is 18.8 Å². The van der Waals surface area contributed by atoms with E-state index in [1.165, 1.54) is 30.5 Å². The summed E-state index contributed by atoms with van der Waals surface area (Å²) in [7, 11) is 0. The second-order valence-corrected chi connectivity index (χ2v) is 6.70. The highest BCUT2D eigenvalue weighted by Crippen LogP contribution is 2.31. The molecule has 2 N–H and O–H groups in total. The monoisotopic (exact) mass is 290 g/mol. The molecule has 1 heterocycles. The number of aryl methyl sites for hydroxylation is 1. The van der Waals surface area contributed by atoms with Gasteiger partial charge < -0.3 is 10.6 Å². The van der Waals surface area contributed by atoms with Crippen molar-refractivity contribution in [3.8, 4) is 0 Å². The molecule has 0 aromatic heterocycles. The van der Waals surface area contributed by atoms with E-state index in [1.807, 2.05) is 6.07 Å². The molecule has 1 saturated heterocycles. The van der Waals surface area contributed by atoms with Gasteiger partial charge in [-0.25, -0.2) is 0 Å². The topological polar surface area (TPSA) is 29.3 Å². The smallest absolute Gasteiger partial charge is 0.106 e. The molecule has 0 bridgehead atoms. The number of hydrogen-bond acceptors (Lipinski definition) is 2. The predicted molar refractivity (Wildman–Crippen MR) is 91.5 cm³/mol. The molecule has 2 rings (SSSR count). The summed E-state index contributed by atoms with van der Waals surface area (Å²) in [5.74, 6) is 1.62. The Morgan fingerprint density at radius 1 is 1.30 bits per heavy atom. The van der Waals surface area contributed by atoms with Crippen molar-refractivity contribution in [2.24, 2.45) is 17.6 Å². The van der Waals surface area contributed by atoms with Gasteiger partial charge in [0, 0.05) is 24.3 Å². The molecule has 0 spiro atoms. The molecule has 1 aromatic carbocycles. The van der Waals surface area contributed by atoms with Gasteiger partial charge in [0.15, 0.2) is 0 Å². The zero-order chi connectivity index (χ0) is 14.7. The molecular weight excluding hydrogens is 264 g/mol. The number of benzene rings is 1. The Morgan fingerprint density at radius 3 is 2.70 bits per heavy atom. The Kier molecular flexibility index (Phi) is 5.03. The summed E-state index contributed by atoms with van der Waals surface area (Å²) < 4.78 is 0. The van der Waals surface area contributed by atoms with Crippen molar-refractivity contribution in [1.82, 2.24) is 0 Å². The first-order chi connectivity index (χ1) is 9.50. The highest BCUT2D eigenvalue weighted by Gasteiger charge is 2.22. The van der Waals surface area contributed by atoms with Gasteiger partial charge in [-0.2, -0.15) is 0 Å². The van der Waals surface area contributed by atoms with Crippen molar-refractivity contribution in [3.05, 3.63) is 29.3 Å². The van der Waals surface area contributed by atoms with Gasteiger partial charge in [0.1, 0.15) is 4.99 Å². The Bertz CT molecular complexity index is 482. The number of anilines is 1. The van der Waals surface area contributed by atoms with E-state index < -0.39 is 0 Å². The first-order valence-corrected chi connectivity index (χ1v) is 8.06. The third-order valence-corrected chi connectivity index (χ3v) is 4.75. The maximum Gasteiger partial charge on any atom is 0.106 e. The molecule has 1 atom stereocenters. The summed E-state index contributed by atoms with van der Waals surface area (Å²) in [6, 6.07) is 6.25. The number of hydrogen-bond donors (Lipinski definition) is 1. The van der Waals surface area contributed by atoms with Crippen LogP contribution in [-0.2, 0) is 0 Å². The highest BCUT2D eigenvalue weighted by molar-refractivity contribution is 7.80. The molecule has 0 radical (unpaired) electrons. The van der Waals surface area contributed by atoms with Crippen molar-refractivity contribution < 1.29 is 0 Å². The van der Waals surface area contributed by atoms with Gasteiger partial charge in [0.2, 0.25) is 0 Å². The zero-order valence-corrected chi connectivity index (χ0v) is 13.7. The van der Waals surface area contributed by atoms with Crippen LogP contribution in [0.2, 0.25) is 0 Å². The maximum absolute atomic E-state index is 5.91. The SMILES string of the molecule is Cc1cccc(C(N)=S)c1N1CCCC(C(C)C)CC1. The Morgan fingerprint density at radius 2 is 2.05 bits per heavy atom. The summed E-state index contributed by atoms with van der Waals surface area (Å²) in [6.07, 6.45) is 3.86. The van der Waals surface area contributed by atoms with Crippen molar-refractivity contribution in [3.63, 3.8) is 0 Å². The van der Waals surface area contributed by atoms with Gasteiger partial charge >= 0.3 is 0 Å². The Balaban J connectivity index is 2.26. The number of para-hydroxylation sites is 1. The largest absolute Gasteiger partial charge is 0.389 e. The fraction of sp³-hybridized carbons (Fsp3) is 0.588. The molecule has 0 aliphatic carbocycles. The first-order valence-electron chi connectivity index (χ1n) is 7.65. The van der Waals surface area contributed by atoms with Crippen LogP contribution in [0.4, 0.5) is 5.69 Å². The predicted octanol–water partition coefficient (Wildman–Crippen LogP) is 3.89. The minimum Gasteiger partial charge on any atom is -0.389 e. The van der Waals surface area contributed by atoms with Crippen LogP contribution in [0.3, 0.4) is 0 Å². The fourth-order valence-corrected chi connectivity index (χ4v) is 3.45. The van der Waals surface area contributed by atoms with E-state index in [4.69, 9.17) is 18.0 Å². The number of thiocarbonyl (C=S) groups is 1. The Labute approximate surface area is 128 Å². The van der Waals surface area contributed by atoms with E-state index in [2.05, 4.69) is 37.8 Å². The van der Waals surface area contributed by atoms with Crippen LogP contribution in [-0.4, -0.2) is 18.1 Å². The summed E-state index contributed by atoms with van der Waals surface area (Å²) in [5.41, 5.74) is 9.47. The van der Waals surface area contributed by atoms with Crippen LogP contribution in [0.1, 0.15) is 44.2 Å². The Hall–Kier alpha value is -1.09. The van der Waals surface area contributed by atoms with Crippen LogP contribution >= 0.6 is 12.2 Å². The molecule has 1 fully saturated rings. The third kappa shape index (κ3) is 3.32. The molecule has 2 nitrogen and oxygen atoms in total. The molecule has 3 heteroatoms. The first kappa shape index (κ1) is 15.3. The lowest BCUT2D eigenvalue weighted by Crippen LogP contribution is -2.28. The molecule has 110 valence electrons. The second-order valence-electron chi connectivity index (χ2n) is 6.26. The normalized spacial score (nSPS) is 20.0. The van der Waals surface area contributed by atoms with Gasteiger partial charge in [-0.05, 0) is 49.7 Å². The quantitative estimate of drug-likeness (QED) is 0.856. The van der Waals surface area contributed by atoms with E-state index >= 15 is 0 Å². The minimum absolute atomic E-state index is 0.508. The van der Waals surface area contributed by atoms with E-state index in [-0.39, 0.29) is 0 Å². The lowest BCUT2D eigenvalue weighted by Gasteiger charge is -2.27. The van der Waals surface area contributed by atoms with Crippen LogP contribution in [0.15, 0.2) is 18.2 Å². The van der Waals surface area contributed by atoms with E-state index in [9.17, 15) is 0 Å². The van der Waals surface area contributed by atoms with Gasteiger partial charge in [-0.1, -0.05) is 38.2 Å². The van der Waals surface area contributed by atoms with Gasteiger partial charge in [0.05, 0.1) is 0 Å². The van der Waals surface area contributed by atoms with E-state index in [1.54, 1.807) is 0 Å². The second kappa shape index (κ2) is 6.57. The molecule has 1 unspecified atom stereocenters. The number of nitrogens with zero attached hydrogens (tertiary/aromatic N) is 1. The van der Waals surface area contributed by atoms with Crippen molar-refractivity contribution in [1.29, 1.82) is 0 Å². The summed E-state index contributed by atoms with van der Waals surface area (Å²) >= 11 is 5.23. The van der Waals surface area contributed by atoms with Gasteiger partial charge in [0.25, 0.3) is 0 Å². The van der Waals surface area contributed by atoms with Gasteiger partial charge in [-0.3, -0.25) is 0 Å². The molecule has 1 aliphatic heterocycles. The maximum atomic E-state index is 5.91. The molecule has 1 aromatic rings. The van der Waals surface area contributed by atoms with E-state index in [0.717, 1.165) is 30.5 Å². The molecular formula is C17H26N2S. The number of nitrogens with two attached hydrogens (primary N) is 1. The standard InChI is InChI=1S/C17H26N2S/c1-12(2)14-7-5-10-19(11-9-14)16-13(3)6-4-8-15(16)17(18)20/h4,6,8,12,14H,5,7,9-11H2,1-3H3,(H2,18,20). The molecule has 0 amide bonds. The molecule has 20 heavy (non-hydrogen) atoms.